The van der Waals surface area contributed by atoms with Gasteiger partial charge in [-0.25, -0.2) is 0 Å². The summed E-state index contributed by atoms with van der Waals surface area (Å²) in [6, 6.07) is 7.09. The van der Waals surface area contributed by atoms with E-state index in [1.165, 1.54) is 4.90 Å². The molecule has 1 aromatic carbocycles. The van der Waals surface area contributed by atoms with Crippen LogP contribution in [0.3, 0.4) is 0 Å². The molecular weight excluding hydrogens is 240 g/mol. The number of nitrogens with zero attached hydrogens (tertiary/aromatic N) is 1. The van der Waals surface area contributed by atoms with E-state index in [2.05, 4.69) is 13.8 Å². The minimum Gasteiger partial charge on any atom is -0.328 e. The summed E-state index contributed by atoms with van der Waals surface area (Å²) in [5.74, 6) is 0.0501. The summed E-state index contributed by atoms with van der Waals surface area (Å²) in [6.07, 6.45) is 1.03. The van der Waals surface area contributed by atoms with E-state index in [9.17, 15) is 9.59 Å². The molecule has 0 bridgehead atoms. The molecule has 1 atom stereocenters. The zero-order chi connectivity index (χ0) is 14.0. The highest BCUT2D eigenvalue weighted by Crippen LogP contribution is 2.23. The van der Waals surface area contributed by atoms with Gasteiger partial charge < -0.3 is 5.73 Å². The predicted octanol–water partition coefficient (Wildman–Crippen LogP) is 1.58. The highest BCUT2D eigenvalue weighted by molar-refractivity contribution is 6.10. The molecule has 0 fully saturated rings. The summed E-state index contributed by atoms with van der Waals surface area (Å²) >= 11 is 0. The van der Waals surface area contributed by atoms with Crippen LogP contribution in [0.1, 0.15) is 36.2 Å². The Morgan fingerprint density at radius 1 is 1.26 bits per heavy atom. The third kappa shape index (κ3) is 2.68. The van der Waals surface area contributed by atoms with Crippen LogP contribution in [0.15, 0.2) is 24.3 Å². The van der Waals surface area contributed by atoms with Crippen molar-refractivity contribution in [2.75, 3.05) is 6.54 Å². The molecule has 1 aliphatic rings. The molecule has 1 unspecified atom stereocenters. The maximum atomic E-state index is 12.5. The molecule has 1 aromatic rings. The summed E-state index contributed by atoms with van der Waals surface area (Å²) in [6.45, 7) is 4.45. The zero-order valence-corrected chi connectivity index (χ0v) is 11.4. The van der Waals surface area contributed by atoms with Crippen molar-refractivity contribution in [2.24, 2.45) is 11.7 Å². The molecule has 2 N–H and O–H groups in total. The first kappa shape index (κ1) is 13.7. The van der Waals surface area contributed by atoms with E-state index < -0.39 is 0 Å². The molecule has 1 aliphatic heterocycles. The Balaban J connectivity index is 2.32. The molecule has 102 valence electrons. The normalized spacial score (nSPS) is 16.7. The zero-order valence-electron chi connectivity index (χ0n) is 11.4. The van der Waals surface area contributed by atoms with Gasteiger partial charge in [0.25, 0.3) is 5.91 Å². The second-order valence-electron chi connectivity index (χ2n) is 5.42. The lowest BCUT2D eigenvalue weighted by Crippen LogP contribution is -2.51. The molecule has 0 radical (unpaired) electrons. The maximum absolute atomic E-state index is 12.5. The highest BCUT2D eigenvalue weighted by atomic mass is 16.2. The Bertz CT molecular complexity index is 497. The Morgan fingerprint density at radius 3 is 2.58 bits per heavy atom. The van der Waals surface area contributed by atoms with Gasteiger partial charge in [0.05, 0.1) is 12.5 Å². The largest absolute Gasteiger partial charge is 0.328 e. The number of fused-ring (bicyclic) bond motifs is 1. The number of benzene rings is 1. The molecule has 0 saturated carbocycles. The van der Waals surface area contributed by atoms with E-state index in [1.54, 1.807) is 6.07 Å². The molecule has 0 aliphatic carbocycles. The average Bonchev–Trinajstić information content (AvgIpc) is 2.37. The fourth-order valence-corrected chi connectivity index (χ4v) is 2.59. The van der Waals surface area contributed by atoms with Gasteiger partial charge in [0.15, 0.2) is 0 Å². The van der Waals surface area contributed by atoms with Gasteiger partial charge in [0.1, 0.15) is 0 Å². The number of carbonyl (C=O) groups excluding carboxylic acids is 2. The first-order chi connectivity index (χ1) is 9.04. The molecule has 1 heterocycles. The van der Waals surface area contributed by atoms with Gasteiger partial charge in [-0.3, -0.25) is 14.5 Å². The van der Waals surface area contributed by atoms with Crippen LogP contribution in [-0.4, -0.2) is 29.3 Å². The molecule has 2 amide bonds. The van der Waals surface area contributed by atoms with Crippen molar-refractivity contribution < 1.29 is 9.59 Å². The third-order valence-electron chi connectivity index (χ3n) is 3.46. The summed E-state index contributed by atoms with van der Waals surface area (Å²) in [5, 5.41) is 0. The van der Waals surface area contributed by atoms with Crippen molar-refractivity contribution >= 4 is 11.8 Å². The smallest absolute Gasteiger partial charge is 0.261 e. The first-order valence-corrected chi connectivity index (χ1v) is 6.69. The second-order valence-corrected chi connectivity index (χ2v) is 5.42. The Kier molecular flexibility index (Phi) is 4.00. The van der Waals surface area contributed by atoms with E-state index >= 15 is 0 Å². The quantitative estimate of drug-likeness (QED) is 0.836. The van der Waals surface area contributed by atoms with Crippen LogP contribution in [0, 0.1) is 5.92 Å². The number of rotatable bonds is 4. The van der Waals surface area contributed by atoms with E-state index in [-0.39, 0.29) is 24.3 Å². The lowest BCUT2D eigenvalue weighted by atomic mass is 9.94. The third-order valence-corrected chi connectivity index (χ3v) is 3.46. The van der Waals surface area contributed by atoms with Crippen LogP contribution >= 0.6 is 0 Å². The predicted molar refractivity (Wildman–Crippen MR) is 73.6 cm³/mol. The van der Waals surface area contributed by atoms with Gasteiger partial charge in [-0.15, -0.1) is 0 Å². The summed E-state index contributed by atoms with van der Waals surface area (Å²) in [4.78, 5) is 26.0. The first-order valence-electron chi connectivity index (χ1n) is 6.69. The molecule has 19 heavy (non-hydrogen) atoms. The lowest BCUT2D eigenvalue weighted by molar-refractivity contribution is -0.130. The van der Waals surface area contributed by atoms with E-state index in [1.807, 2.05) is 18.2 Å². The van der Waals surface area contributed by atoms with Crippen molar-refractivity contribution in [3.63, 3.8) is 0 Å². The van der Waals surface area contributed by atoms with Crippen LogP contribution in [0.5, 0.6) is 0 Å². The molecule has 0 saturated heterocycles. The van der Waals surface area contributed by atoms with Gasteiger partial charge in [-0.2, -0.15) is 0 Å². The van der Waals surface area contributed by atoms with Crippen molar-refractivity contribution in [3.8, 4) is 0 Å². The van der Waals surface area contributed by atoms with Crippen molar-refractivity contribution in [2.45, 2.75) is 32.7 Å². The monoisotopic (exact) mass is 260 g/mol. The molecule has 0 aromatic heterocycles. The maximum Gasteiger partial charge on any atom is 0.261 e. The van der Waals surface area contributed by atoms with Gasteiger partial charge in [-0.05, 0) is 24.0 Å². The van der Waals surface area contributed by atoms with E-state index in [0.29, 0.717) is 18.0 Å². The van der Waals surface area contributed by atoms with Crippen LogP contribution in [0.2, 0.25) is 0 Å². The Hall–Kier alpha value is -1.68. The number of amides is 2. The lowest BCUT2D eigenvalue weighted by Gasteiger charge is -2.34. The standard InChI is InChI=1S/C15H20N2O2/c1-10(2)7-12(9-16)17-14(18)8-11-5-3-4-6-13(11)15(17)19/h3-6,10,12H,7-9,16H2,1-2H3. The fourth-order valence-electron chi connectivity index (χ4n) is 2.59. The number of hydrogen-bond acceptors (Lipinski definition) is 3. The minimum atomic E-state index is -0.206. The van der Waals surface area contributed by atoms with Crippen LogP contribution in [-0.2, 0) is 11.2 Å². The fraction of sp³-hybridized carbons (Fsp3) is 0.467. The van der Waals surface area contributed by atoms with Gasteiger partial charge in [0.2, 0.25) is 5.91 Å². The number of imide groups is 1. The summed E-state index contributed by atoms with van der Waals surface area (Å²) in [7, 11) is 0. The molecule has 4 nitrogen and oxygen atoms in total. The Morgan fingerprint density at radius 2 is 1.95 bits per heavy atom. The minimum absolute atomic E-state index is 0.139. The second kappa shape index (κ2) is 5.53. The van der Waals surface area contributed by atoms with Crippen molar-refractivity contribution in [1.82, 2.24) is 4.90 Å². The van der Waals surface area contributed by atoms with Crippen LogP contribution in [0.25, 0.3) is 0 Å². The van der Waals surface area contributed by atoms with Crippen molar-refractivity contribution in [1.29, 1.82) is 0 Å². The number of carbonyl (C=O) groups is 2. The van der Waals surface area contributed by atoms with E-state index in [0.717, 1.165) is 12.0 Å². The number of hydrogen-bond donors (Lipinski definition) is 1. The van der Waals surface area contributed by atoms with E-state index in [4.69, 9.17) is 5.73 Å². The van der Waals surface area contributed by atoms with Crippen LogP contribution in [0.4, 0.5) is 0 Å². The Labute approximate surface area is 113 Å². The molecule has 4 heteroatoms. The summed E-state index contributed by atoms with van der Waals surface area (Å²) < 4.78 is 0. The summed E-state index contributed by atoms with van der Waals surface area (Å²) in [5.41, 5.74) is 7.19. The van der Waals surface area contributed by atoms with Gasteiger partial charge in [-0.1, -0.05) is 32.0 Å². The molecule has 0 spiro atoms. The molecule has 2 rings (SSSR count). The average molecular weight is 260 g/mol. The number of nitrogens with two attached hydrogens (primary N) is 1. The van der Waals surface area contributed by atoms with Gasteiger partial charge >= 0.3 is 0 Å². The SMILES string of the molecule is CC(C)CC(CN)N1C(=O)Cc2ccccc2C1=O. The molecular formula is C15H20N2O2. The van der Waals surface area contributed by atoms with Crippen molar-refractivity contribution in [3.05, 3.63) is 35.4 Å². The van der Waals surface area contributed by atoms with Gasteiger partial charge in [0, 0.05) is 12.1 Å². The van der Waals surface area contributed by atoms with Crippen LogP contribution < -0.4 is 5.73 Å². The topological polar surface area (TPSA) is 63.4 Å². The highest BCUT2D eigenvalue weighted by Gasteiger charge is 2.35.